The highest BCUT2D eigenvalue weighted by atomic mass is 35.5. The van der Waals surface area contributed by atoms with Crippen molar-refractivity contribution in [2.24, 2.45) is 0 Å². The van der Waals surface area contributed by atoms with Crippen molar-refractivity contribution in [2.45, 2.75) is 24.9 Å². The Morgan fingerprint density at radius 3 is 2.32 bits per heavy atom. The number of benzene rings is 3. The minimum atomic E-state index is -4.09. The third kappa shape index (κ3) is 6.34. The van der Waals surface area contributed by atoms with Gasteiger partial charge in [-0.05, 0) is 36.8 Å². The standard InChI is InChI=1S/C25H26ClFN2O4S/c1-3-33-24-14-13-21(15-22(24)26)34(31,32)29(16-19-9-5-4-6-10-19)18-25(30)28(2)17-20-11-7-8-12-23(20)27/h4-15H,3,16-18H2,1-2H3. The predicted molar refractivity (Wildman–Crippen MR) is 130 cm³/mol. The van der Waals surface area contributed by atoms with Crippen LogP contribution in [0.1, 0.15) is 18.1 Å². The Hall–Kier alpha value is -2.94. The second-order valence-corrected chi connectivity index (χ2v) is 9.97. The molecule has 3 aromatic carbocycles. The Labute approximate surface area is 204 Å². The molecule has 0 saturated carbocycles. The zero-order chi connectivity index (χ0) is 24.7. The summed E-state index contributed by atoms with van der Waals surface area (Å²) in [4.78, 5) is 14.2. The summed E-state index contributed by atoms with van der Waals surface area (Å²) in [6, 6.07) is 19.3. The lowest BCUT2D eigenvalue weighted by molar-refractivity contribution is -0.130. The lowest BCUT2D eigenvalue weighted by Crippen LogP contribution is -2.41. The zero-order valence-electron chi connectivity index (χ0n) is 18.9. The molecule has 6 nitrogen and oxygen atoms in total. The number of ether oxygens (including phenoxy) is 1. The number of hydrogen-bond acceptors (Lipinski definition) is 4. The van der Waals surface area contributed by atoms with Gasteiger partial charge in [-0.25, -0.2) is 12.8 Å². The third-order valence-corrected chi connectivity index (χ3v) is 7.23. The third-order valence-electron chi connectivity index (χ3n) is 5.15. The molecular formula is C25H26ClFN2O4S. The van der Waals surface area contributed by atoms with E-state index < -0.39 is 28.3 Å². The van der Waals surface area contributed by atoms with E-state index >= 15 is 0 Å². The number of amides is 1. The highest BCUT2D eigenvalue weighted by Crippen LogP contribution is 2.29. The second kappa shape index (κ2) is 11.5. The molecule has 0 aromatic heterocycles. The summed E-state index contributed by atoms with van der Waals surface area (Å²) in [7, 11) is -2.58. The summed E-state index contributed by atoms with van der Waals surface area (Å²) in [5, 5.41) is 0.158. The number of sulfonamides is 1. The first kappa shape index (κ1) is 25.7. The highest BCUT2D eigenvalue weighted by Gasteiger charge is 2.29. The normalized spacial score (nSPS) is 11.4. The molecule has 9 heteroatoms. The van der Waals surface area contributed by atoms with Gasteiger partial charge in [0, 0.05) is 25.7 Å². The summed E-state index contributed by atoms with van der Waals surface area (Å²) < 4.78 is 47.6. The molecule has 0 aliphatic heterocycles. The Kier molecular flexibility index (Phi) is 8.66. The molecular weight excluding hydrogens is 479 g/mol. The lowest BCUT2D eigenvalue weighted by atomic mass is 10.2. The van der Waals surface area contributed by atoms with Crippen LogP contribution in [0.4, 0.5) is 4.39 Å². The van der Waals surface area contributed by atoms with Crippen LogP contribution >= 0.6 is 11.6 Å². The van der Waals surface area contributed by atoms with Crippen LogP contribution in [-0.2, 0) is 27.9 Å². The summed E-state index contributed by atoms with van der Waals surface area (Å²) in [6.07, 6.45) is 0. The van der Waals surface area contributed by atoms with Crippen molar-refractivity contribution in [3.8, 4) is 5.75 Å². The molecule has 180 valence electrons. The number of rotatable bonds is 10. The maximum Gasteiger partial charge on any atom is 0.243 e. The maximum atomic E-state index is 14.0. The molecule has 0 aliphatic carbocycles. The molecule has 0 aliphatic rings. The first-order valence-corrected chi connectivity index (χ1v) is 12.5. The minimum Gasteiger partial charge on any atom is -0.492 e. The van der Waals surface area contributed by atoms with Gasteiger partial charge in [-0.2, -0.15) is 4.31 Å². The van der Waals surface area contributed by atoms with Crippen LogP contribution < -0.4 is 4.74 Å². The van der Waals surface area contributed by atoms with Gasteiger partial charge in [0.15, 0.2) is 0 Å². The fourth-order valence-corrected chi connectivity index (χ4v) is 5.02. The van der Waals surface area contributed by atoms with Gasteiger partial charge in [0.1, 0.15) is 11.6 Å². The molecule has 0 spiro atoms. The first-order valence-electron chi connectivity index (χ1n) is 10.7. The zero-order valence-corrected chi connectivity index (χ0v) is 20.5. The monoisotopic (exact) mass is 504 g/mol. The van der Waals surface area contributed by atoms with Gasteiger partial charge in [-0.1, -0.05) is 60.1 Å². The summed E-state index contributed by atoms with van der Waals surface area (Å²) in [5.41, 5.74) is 1.06. The molecule has 0 N–H and O–H groups in total. The number of nitrogens with zero attached hydrogens (tertiary/aromatic N) is 2. The average Bonchev–Trinajstić information content (AvgIpc) is 2.82. The van der Waals surface area contributed by atoms with Crippen LogP contribution in [0.15, 0.2) is 77.7 Å². The second-order valence-electron chi connectivity index (χ2n) is 7.63. The molecule has 3 rings (SSSR count). The summed E-state index contributed by atoms with van der Waals surface area (Å²) in [6.45, 7) is 1.75. The van der Waals surface area contributed by atoms with Crippen LogP contribution in [-0.4, -0.2) is 43.7 Å². The van der Waals surface area contributed by atoms with E-state index in [1.807, 2.05) is 6.07 Å². The van der Waals surface area contributed by atoms with Crippen LogP contribution in [0.25, 0.3) is 0 Å². The van der Waals surface area contributed by atoms with Gasteiger partial charge in [0.05, 0.1) is 23.1 Å². The van der Waals surface area contributed by atoms with E-state index in [4.69, 9.17) is 16.3 Å². The van der Waals surface area contributed by atoms with Gasteiger partial charge >= 0.3 is 0 Å². The Morgan fingerprint density at radius 2 is 1.68 bits per heavy atom. The molecule has 34 heavy (non-hydrogen) atoms. The number of carbonyl (C=O) groups excluding carboxylic acids is 1. The van der Waals surface area contributed by atoms with Crippen LogP contribution in [0.5, 0.6) is 5.75 Å². The van der Waals surface area contributed by atoms with Crippen molar-refractivity contribution in [3.63, 3.8) is 0 Å². The predicted octanol–water partition coefficient (Wildman–Crippen LogP) is 4.73. The van der Waals surface area contributed by atoms with E-state index in [1.165, 1.54) is 36.2 Å². The van der Waals surface area contributed by atoms with Crippen molar-refractivity contribution >= 4 is 27.5 Å². The van der Waals surface area contributed by atoms with E-state index in [1.54, 1.807) is 49.4 Å². The van der Waals surface area contributed by atoms with E-state index in [0.29, 0.717) is 23.5 Å². The van der Waals surface area contributed by atoms with Gasteiger partial charge in [0.2, 0.25) is 15.9 Å². The van der Waals surface area contributed by atoms with Gasteiger partial charge < -0.3 is 9.64 Å². The molecule has 0 saturated heterocycles. The van der Waals surface area contributed by atoms with E-state index in [-0.39, 0.29) is 23.0 Å². The van der Waals surface area contributed by atoms with Crippen molar-refractivity contribution in [1.82, 2.24) is 9.21 Å². The van der Waals surface area contributed by atoms with E-state index in [2.05, 4.69) is 0 Å². The SMILES string of the molecule is CCOc1ccc(S(=O)(=O)N(CC(=O)N(C)Cc2ccccc2F)Cc2ccccc2)cc1Cl. The number of halogens is 2. The number of carbonyl (C=O) groups is 1. The molecule has 0 unspecified atom stereocenters. The van der Waals surface area contributed by atoms with Crippen molar-refractivity contribution in [2.75, 3.05) is 20.2 Å². The van der Waals surface area contributed by atoms with Crippen LogP contribution in [0.3, 0.4) is 0 Å². The largest absolute Gasteiger partial charge is 0.492 e. The smallest absolute Gasteiger partial charge is 0.243 e. The van der Waals surface area contributed by atoms with Gasteiger partial charge in [-0.15, -0.1) is 0 Å². The fourth-order valence-electron chi connectivity index (χ4n) is 3.32. The summed E-state index contributed by atoms with van der Waals surface area (Å²) >= 11 is 6.22. The molecule has 0 atom stereocenters. The average molecular weight is 505 g/mol. The number of likely N-dealkylation sites (N-methyl/N-ethyl adjacent to an activating group) is 1. The van der Waals surface area contributed by atoms with Crippen molar-refractivity contribution in [3.05, 3.63) is 94.8 Å². The quantitative estimate of drug-likeness (QED) is 0.400. The first-order chi connectivity index (χ1) is 16.2. The fraction of sp³-hybridized carbons (Fsp3) is 0.240. The van der Waals surface area contributed by atoms with Gasteiger partial charge in [0.25, 0.3) is 0 Å². The van der Waals surface area contributed by atoms with E-state index in [9.17, 15) is 17.6 Å². The maximum absolute atomic E-state index is 14.0. The Balaban J connectivity index is 1.88. The lowest BCUT2D eigenvalue weighted by Gasteiger charge is -2.25. The summed E-state index contributed by atoms with van der Waals surface area (Å²) in [5.74, 6) is -0.529. The van der Waals surface area contributed by atoms with E-state index in [0.717, 1.165) is 4.31 Å². The van der Waals surface area contributed by atoms with Crippen molar-refractivity contribution in [1.29, 1.82) is 0 Å². The molecule has 0 fully saturated rings. The number of hydrogen-bond donors (Lipinski definition) is 0. The molecule has 0 bridgehead atoms. The van der Waals surface area contributed by atoms with Crippen LogP contribution in [0, 0.1) is 5.82 Å². The Bertz CT molecular complexity index is 1240. The van der Waals surface area contributed by atoms with Crippen molar-refractivity contribution < 1.29 is 22.3 Å². The minimum absolute atomic E-state index is 0.0135. The highest BCUT2D eigenvalue weighted by molar-refractivity contribution is 7.89. The topological polar surface area (TPSA) is 66.9 Å². The van der Waals surface area contributed by atoms with Gasteiger partial charge in [-0.3, -0.25) is 4.79 Å². The Morgan fingerprint density at radius 1 is 1.00 bits per heavy atom. The molecule has 0 radical (unpaired) electrons. The molecule has 3 aromatic rings. The van der Waals surface area contributed by atoms with Crippen LogP contribution in [0.2, 0.25) is 5.02 Å². The molecule has 1 amide bonds. The molecule has 0 heterocycles.